The summed E-state index contributed by atoms with van der Waals surface area (Å²) in [6.45, 7) is 6.67. The molecule has 0 atom stereocenters. The van der Waals surface area contributed by atoms with Gasteiger partial charge in [-0.25, -0.2) is 0 Å². The first-order chi connectivity index (χ1) is 9.63. The fourth-order valence-electron chi connectivity index (χ4n) is 2.64. The van der Waals surface area contributed by atoms with E-state index in [0.717, 1.165) is 0 Å². The maximum absolute atomic E-state index is 2.36. The standard InChI is InChI=1S/C19H18I/c1-13-10-14(2)19(15(3)11-13)20-18-9-8-16-6-4-5-7-17(16)12-18/h4-12H,1-3H3/q-1. The van der Waals surface area contributed by atoms with E-state index in [2.05, 4.69) is 75.4 Å². The van der Waals surface area contributed by atoms with Gasteiger partial charge in [0.05, 0.1) is 0 Å². The first kappa shape index (κ1) is 13.6. The molecule has 0 saturated carbocycles. The van der Waals surface area contributed by atoms with Crippen LogP contribution in [0.15, 0.2) is 54.6 Å². The normalized spacial score (nSPS) is 11.2. The Bertz CT molecular complexity index is 749. The van der Waals surface area contributed by atoms with Crippen molar-refractivity contribution >= 4 is 10.8 Å². The zero-order chi connectivity index (χ0) is 14.1. The minimum absolute atomic E-state index is 0.102. The second-order valence-electron chi connectivity index (χ2n) is 5.30. The van der Waals surface area contributed by atoms with Crippen LogP contribution in [0.25, 0.3) is 10.8 Å². The zero-order valence-electron chi connectivity index (χ0n) is 12.1. The molecule has 0 N–H and O–H groups in total. The molecule has 0 spiro atoms. The van der Waals surface area contributed by atoms with Crippen LogP contribution in [0.5, 0.6) is 0 Å². The van der Waals surface area contributed by atoms with Crippen LogP contribution >= 0.6 is 0 Å². The molecule has 3 aromatic carbocycles. The van der Waals surface area contributed by atoms with Gasteiger partial charge in [-0.1, -0.05) is 0 Å². The molecule has 0 nitrogen and oxygen atoms in total. The molecule has 0 bridgehead atoms. The molecule has 3 rings (SSSR count). The van der Waals surface area contributed by atoms with Crippen molar-refractivity contribution in [1.29, 1.82) is 0 Å². The van der Waals surface area contributed by atoms with E-state index in [1.807, 2.05) is 0 Å². The Hall–Kier alpha value is -1.35. The number of hydrogen-bond acceptors (Lipinski definition) is 0. The summed E-state index contributed by atoms with van der Waals surface area (Å²) in [6, 6.07) is 20.1. The van der Waals surface area contributed by atoms with Gasteiger partial charge in [-0.2, -0.15) is 0 Å². The molecule has 0 aromatic heterocycles. The van der Waals surface area contributed by atoms with Crippen LogP contribution in [-0.4, -0.2) is 0 Å². The number of hydrogen-bond donors (Lipinski definition) is 0. The summed E-state index contributed by atoms with van der Waals surface area (Å²) in [5.41, 5.74) is 4.26. The average molecular weight is 373 g/mol. The molecule has 0 heterocycles. The number of fused-ring (bicyclic) bond motifs is 1. The molecule has 0 radical (unpaired) electrons. The van der Waals surface area contributed by atoms with Crippen molar-refractivity contribution in [3.63, 3.8) is 0 Å². The van der Waals surface area contributed by atoms with E-state index >= 15 is 0 Å². The Kier molecular flexibility index (Phi) is 3.79. The molecule has 0 saturated heterocycles. The summed E-state index contributed by atoms with van der Waals surface area (Å²) in [5, 5.41) is 2.68. The van der Waals surface area contributed by atoms with E-state index < -0.39 is 0 Å². The molecule has 102 valence electrons. The monoisotopic (exact) mass is 373 g/mol. The van der Waals surface area contributed by atoms with E-state index in [-0.39, 0.29) is 21.2 Å². The molecule has 1 heteroatoms. The van der Waals surface area contributed by atoms with Gasteiger partial charge in [0.25, 0.3) is 0 Å². The third-order valence-electron chi connectivity index (χ3n) is 3.50. The van der Waals surface area contributed by atoms with Crippen molar-refractivity contribution in [2.45, 2.75) is 20.8 Å². The fourth-order valence-corrected chi connectivity index (χ4v) is 5.28. The summed E-state index contributed by atoms with van der Waals surface area (Å²) in [7, 11) is 0. The van der Waals surface area contributed by atoms with Gasteiger partial charge in [-0.15, -0.1) is 0 Å². The topological polar surface area (TPSA) is 0 Å². The van der Waals surface area contributed by atoms with Crippen molar-refractivity contribution in [1.82, 2.24) is 0 Å². The fraction of sp³-hybridized carbons (Fsp3) is 0.158. The van der Waals surface area contributed by atoms with Gasteiger partial charge in [-0.3, -0.25) is 0 Å². The Morgan fingerprint density at radius 2 is 1.35 bits per heavy atom. The Balaban J connectivity index is 2.01. The van der Waals surface area contributed by atoms with E-state index in [9.17, 15) is 0 Å². The number of benzene rings is 3. The average Bonchev–Trinajstić information content (AvgIpc) is 2.42. The summed E-state index contributed by atoms with van der Waals surface area (Å²) >= 11 is -0.102. The van der Waals surface area contributed by atoms with Gasteiger partial charge < -0.3 is 0 Å². The van der Waals surface area contributed by atoms with E-state index in [1.165, 1.54) is 31.0 Å². The maximum atomic E-state index is 2.36. The van der Waals surface area contributed by atoms with Gasteiger partial charge in [0.1, 0.15) is 0 Å². The first-order valence-corrected chi connectivity index (χ1v) is 9.01. The van der Waals surface area contributed by atoms with Crippen LogP contribution in [0.3, 0.4) is 0 Å². The quantitative estimate of drug-likeness (QED) is 0.602. The van der Waals surface area contributed by atoms with E-state index in [4.69, 9.17) is 0 Å². The minimum atomic E-state index is -0.102. The van der Waals surface area contributed by atoms with E-state index in [1.54, 1.807) is 3.57 Å². The van der Waals surface area contributed by atoms with Gasteiger partial charge in [-0.05, 0) is 0 Å². The van der Waals surface area contributed by atoms with Crippen molar-refractivity contribution < 1.29 is 21.2 Å². The van der Waals surface area contributed by atoms with Gasteiger partial charge in [0.2, 0.25) is 0 Å². The molecular weight excluding hydrogens is 355 g/mol. The second kappa shape index (κ2) is 5.57. The van der Waals surface area contributed by atoms with Crippen molar-refractivity contribution in [3.8, 4) is 0 Å². The molecular formula is C19H18I-. The molecule has 0 aliphatic rings. The summed E-state index contributed by atoms with van der Waals surface area (Å²) in [6.07, 6.45) is 0. The molecule has 0 aliphatic heterocycles. The van der Waals surface area contributed by atoms with Gasteiger partial charge in [0, 0.05) is 0 Å². The number of aryl methyl sites for hydroxylation is 3. The third-order valence-corrected chi connectivity index (χ3v) is 7.03. The molecule has 3 aromatic rings. The Morgan fingerprint density at radius 3 is 2.05 bits per heavy atom. The van der Waals surface area contributed by atoms with Crippen LogP contribution < -0.4 is 21.2 Å². The molecule has 20 heavy (non-hydrogen) atoms. The predicted octanol–water partition coefficient (Wildman–Crippen LogP) is 1.89. The molecule has 0 amide bonds. The van der Waals surface area contributed by atoms with Crippen LogP contribution in [0.4, 0.5) is 0 Å². The van der Waals surface area contributed by atoms with Crippen molar-refractivity contribution in [2.75, 3.05) is 0 Å². The summed E-state index contributed by atoms with van der Waals surface area (Å²) in [4.78, 5) is 0. The number of rotatable bonds is 2. The summed E-state index contributed by atoms with van der Waals surface area (Å²) < 4.78 is 3.07. The summed E-state index contributed by atoms with van der Waals surface area (Å²) in [5.74, 6) is 0. The zero-order valence-corrected chi connectivity index (χ0v) is 14.2. The SMILES string of the molecule is Cc1cc(C)c([I-]c2ccc3ccccc3c2)c(C)c1. The van der Waals surface area contributed by atoms with Crippen LogP contribution in [0.1, 0.15) is 16.7 Å². The second-order valence-corrected chi connectivity index (χ2v) is 8.16. The van der Waals surface area contributed by atoms with Crippen LogP contribution in [-0.2, 0) is 0 Å². The van der Waals surface area contributed by atoms with Gasteiger partial charge in [0.15, 0.2) is 0 Å². The van der Waals surface area contributed by atoms with Crippen molar-refractivity contribution in [3.05, 3.63) is 78.4 Å². The third kappa shape index (κ3) is 2.73. The Labute approximate surface area is 131 Å². The van der Waals surface area contributed by atoms with E-state index in [0.29, 0.717) is 0 Å². The molecule has 0 fully saturated rings. The molecule has 0 unspecified atom stereocenters. The predicted molar refractivity (Wildman–Crippen MR) is 82.0 cm³/mol. The Morgan fingerprint density at radius 1 is 0.700 bits per heavy atom. The van der Waals surface area contributed by atoms with Gasteiger partial charge >= 0.3 is 131 Å². The van der Waals surface area contributed by atoms with Crippen LogP contribution in [0.2, 0.25) is 0 Å². The molecule has 0 aliphatic carbocycles. The van der Waals surface area contributed by atoms with Crippen molar-refractivity contribution in [2.24, 2.45) is 0 Å². The first-order valence-electron chi connectivity index (χ1n) is 6.85. The van der Waals surface area contributed by atoms with Crippen LogP contribution in [0, 0.1) is 27.9 Å². The number of halogens is 1.